The maximum Gasteiger partial charge on any atom is 0.195 e. The highest BCUT2D eigenvalue weighted by Gasteiger charge is 2.17. The van der Waals surface area contributed by atoms with Crippen LogP contribution in [0.3, 0.4) is 0 Å². The van der Waals surface area contributed by atoms with Crippen molar-refractivity contribution >= 4 is 22.5 Å². The van der Waals surface area contributed by atoms with Gasteiger partial charge < -0.3 is 0 Å². The Kier molecular flexibility index (Phi) is 3.06. The van der Waals surface area contributed by atoms with Crippen LogP contribution in [-0.2, 0) is 0 Å². The van der Waals surface area contributed by atoms with E-state index >= 15 is 0 Å². The fraction of sp³-hybridized carbons (Fsp3) is 0. The molecule has 100 valence electrons. The third-order valence-corrected chi connectivity index (χ3v) is 3.12. The second-order valence-corrected chi connectivity index (χ2v) is 4.44. The first-order valence-corrected chi connectivity index (χ1v) is 6.02. The summed E-state index contributed by atoms with van der Waals surface area (Å²) in [4.78, 5) is 8.04. The van der Waals surface area contributed by atoms with Gasteiger partial charge in [-0.05, 0) is 24.3 Å². The van der Waals surface area contributed by atoms with E-state index in [0.717, 1.165) is 12.1 Å². The third kappa shape index (κ3) is 2.00. The van der Waals surface area contributed by atoms with Crippen molar-refractivity contribution in [2.75, 3.05) is 0 Å². The molecule has 6 heteroatoms. The molecule has 2 nitrogen and oxygen atoms in total. The number of nitrogens with zero attached hydrogens (tertiary/aromatic N) is 2. The van der Waals surface area contributed by atoms with Crippen LogP contribution in [0.5, 0.6) is 0 Å². The molecule has 0 aliphatic rings. The summed E-state index contributed by atoms with van der Waals surface area (Å²) >= 11 is 5.99. The molecule has 0 N–H and O–H groups in total. The molecule has 20 heavy (non-hydrogen) atoms. The van der Waals surface area contributed by atoms with Gasteiger partial charge in [0.2, 0.25) is 0 Å². The first kappa shape index (κ1) is 12.9. The summed E-state index contributed by atoms with van der Waals surface area (Å²) in [5.41, 5.74) is 0.253. The van der Waals surface area contributed by atoms with Crippen LogP contribution in [-0.4, -0.2) is 9.97 Å². The van der Waals surface area contributed by atoms with Crippen molar-refractivity contribution in [2.24, 2.45) is 0 Å². The van der Waals surface area contributed by atoms with Crippen molar-refractivity contribution < 1.29 is 13.2 Å². The lowest BCUT2D eigenvalue weighted by Gasteiger charge is -2.06. The van der Waals surface area contributed by atoms with Crippen molar-refractivity contribution in [3.63, 3.8) is 0 Å². The van der Waals surface area contributed by atoms with Crippen LogP contribution >= 0.6 is 11.6 Å². The lowest BCUT2D eigenvalue weighted by molar-refractivity contribution is 0.448. The normalized spacial score (nSPS) is 11.0. The Bertz CT molecular complexity index is 821. The van der Waals surface area contributed by atoms with Crippen molar-refractivity contribution in [1.82, 2.24) is 9.97 Å². The van der Waals surface area contributed by atoms with Crippen LogP contribution in [0.25, 0.3) is 22.3 Å². The average molecular weight is 295 g/mol. The number of aromatic nitrogens is 2. The molecule has 0 spiro atoms. The molecule has 1 heterocycles. The fourth-order valence-corrected chi connectivity index (χ4v) is 2.10. The molecule has 0 unspecified atom stereocenters. The van der Waals surface area contributed by atoms with Crippen LogP contribution in [0, 0.1) is 17.5 Å². The van der Waals surface area contributed by atoms with Gasteiger partial charge >= 0.3 is 0 Å². The predicted octanol–water partition coefficient (Wildman–Crippen LogP) is 4.37. The Labute approximate surface area is 116 Å². The summed E-state index contributed by atoms with van der Waals surface area (Å²) in [6.07, 6.45) is 0. The second kappa shape index (κ2) is 4.76. The van der Waals surface area contributed by atoms with Gasteiger partial charge in [0.25, 0.3) is 0 Å². The van der Waals surface area contributed by atoms with Gasteiger partial charge in [0.15, 0.2) is 23.3 Å². The van der Waals surface area contributed by atoms with E-state index in [0.29, 0.717) is 10.9 Å². The van der Waals surface area contributed by atoms with E-state index < -0.39 is 17.5 Å². The number of halogens is 4. The second-order valence-electron chi connectivity index (χ2n) is 4.08. The molecule has 0 saturated heterocycles. The molecule has 0 atom stereocenters. The lowest BCUT2D eigenvalue weighted by Crippen LogP contribution is -1.98. The molecule has 0 fully saturated rings. The Morgan fingerprint density at radius 2 is 1.60 bits per heavy atom. The summed E-state index contributed by atoms with van der Waals surface area (Å²) < 4.78 is 39.9. The summed E-state index contributed by atoms with van der Waals surface area (Å²) in [6.45, 7) is 0. The predicted molar refractivity (Wildman–Crippen MR) is 69.9 cm³/mol. The summed E-state index contributed by atoms with van der Waals surface area (Å²) in [5.74, 6) is -4.25. The standard InChI is InChI=1S/C14H6ClF3N2/c15-13-7-3-1-2-4-10(7)19-14(20-13)8-5-6-9(16)12(18)11(8)17/h1-6H. The lowest BCUT2D eigenvalue weighted by atomic mass is 10.1. The maximum absolute atomic E-state index is 13.7. The zero-order valence-electron chi connectivity index (χ0n) is 9.87. The topological polar surface area (TPSA) is 25.8 Å². The molecular weight excluding hydrogens is 289 g/mol. The molecule has 3 rings (SSSR count). The molecule has 0 bridgehead atoms. The van der Waals surface area contributed by atoms with Crippen molar-refractivity contribution in [1.29, 1.82) is 0 Å². The van der Waals surface area contributed by atoms with Crippen molar-refractivity contribution in [3.05, 3.63) is 59.0 Å². The summed E-state index contributed by atoms with van der Waals surface area (Å²) in [6, 6.07) is 8.77. The fourth-order valence-electron chi connectivity index (χ4n) is 1.86. The zero-order valence-corrected chi connectivity index (χ0v) is 10.6. The van der Waals surface area contributed by atoms with Gasteiger partial charge in [0.05, 0.1) is 11.1 Å². The van der Waals surface area contributed by atoms with Gasteiger partial charge in [-0.3, -0.25) is 0 Å². The number of hydrogen-bond donors (Lipinski definition) is 0. The van der Waals surface area contributed by atoms with Gasteiger partial charge in [-0.1, -0.05) is 23.7 Å². The highest BCUT2D eigenvalue weighted by molar-refractivity contribution is 6.34. The van der Waals surface area contributed by atoms with Gasteiger partial charge in [0.1, 0.15) is 5.15 Å². The average Bonchev–Trinajstić information content (AvgIpc) is 2.45. The number of hydrogen-bond acceptors (Lipinski definition) is 2. The van der Waals surface area contributed by atoms with Crippen LogP contribution in [0.15, 0.2) is 36.4 Å². The van der Waals surface area contributed by atoms with Gasteiger partial charge in [0, 0.05) is 5.39 Å². The minimum atomic E-state index is -1.56. The van der Waals surface area contributed by atoms with E-state index in [1.54, 1.807) is 24.3 Å². The third-order valence-electron chi connectivity index (χ3n) is 2.83. The molecule has 0 aliphatic heterocycles. The van der Waals surface area contributed by atoms with Crippen LogP contribution in [0.1, 0.15) is 0 Å². The Morgan fingerprint density at radius 3 is 2.40 bits per heavy atom. The van der Waals surface area contributed by atoms with E-state index in [1.165, 1.54) is 0 Å². The molecule has 2 aromatic carbocycles. The summed E-state index contributed by atoms with van der Waals surface area (Å²) in [5, 5.41) is 0.718. The summed E-state index contributed by atoms with van der Waals surface area (Å²) in [7, 11) is 0. The number of fused-ring (bicyclic) bond motifs is 1. The molecule has 0 amide bonds. The van der Waals surface area contributed by atoms with E-state index in [9.17, 15) is 13.2 Å². The van der Waals surface area contributed by atoms with E-state index in [2.05, 4.69) is 9.97 Å². The maximum atomic E-state index is 13.7. The Hall–Kier alpha value is -2.14. The zero-order chi connectivity index (χ0) is 14.3. The minimum Gasteiger partial charge on any atom is -0.228 e. The minimum absolute atomic E-state index is 0.0925. The molecule has 0 saturated carbocycles. The Balaban J connectivity index is 2.28. The van der Waals surface area contributed by atoms with Crippen LogP contribution < -0.4 is 0 Å². The van der Waals surface area contributed by atoms with Crippen molar-refractivity contribution in [2.45, 2.75) is 0 Å². The number of benzene rings is 2. The molecule has 1 aromatic heterocycles. The molecule has 0 aliphatic carbocycles. The van der Waals surface area contributed by atoms with E-state index in [1.807, 2.05) is 0 Å². The smallest absolute Gasteiger partial charge is 0.195 e. The van der Waals surface area contributed by atoms with E-state index in [-0.39, 0.29) is 16.5 Å². The Morgan fingerprint density at radius 1 is 0.850 bits per heavy atom. The van der Waals surface area contributed by atoms with E-state index in [4.69, 9.17) is 11.6 Å². The van der Waals surface area contributed by atoms with Crippen LogP contribution in [0.4, 0.5) is 13.2 Å². The SMILES string of the molecule is Fc1ccc(-c2nc(Cl)c3ccccc3n2)c(F)c1F. The highest BCUT2D eigenvalue weighted by Crippen LogP contribution is 2.27. The monoisotopic (exact) mass is 294 g/mol. The van der Waals surface area contributed by atoms with Gasteiger partial charge in [-0.15, -0.1) is 0 Å². The number of rotatable bonds is 1. The van der Waals surface area contributed by atoms with Crippen LogP contribution in [0.2, 0.25) is 5.15 Å². The van der Waals surface area contributed by atoms with Gasteiger partial charge in [-0.2, -0.15) is 0 Å². The first-order chi connectivity index (χ1) is 9.58. The first-order valence-electron chi connectivity index (χ1n) is 5.64. The molecular formula is C14H6ClF3N2. The number of para-hydroxylation sites is 1. The van der Waals surface area contributed by atoms with Crippen molar-refractivity contribution in [3.8, 4) is 11.4 Å². The molecule has 0 radical (unpaired) electrons. The highest BCUT2D eigenvalue weighted by atomic mass is 35.5. The molecule has 3 aromatic rings. The van der Waals surface area contributed by atoms with Gasteiger partial charge in [-0.25, -0.2) is 23.1 Å². The quantitative estimate of drug-likeness (QED) is 0.492. The largest absolute Gasteiger partial charge is 0.228 e.